The Morgan fingerprint density at radius 2 is 0.341 bits per heavy atom. The van der Waals surface area contributed by atoms with E-state index in [1.54, 1.807) is 0 Å². The third kappa shape index (κ3) is 36.1. The van der Waals surface area contributed by atoms with E-state index in [1.165, 1.54) is 238 Å². The van der Waals surface area contributed by atoms with Gasteiger partial charge < -0.3 is 0 Å². The topological polar surface area (TPSA) is 0 Å². The maximum Gasteiger partial charge on any atom is -0.0414 e. The molecule has 0 saturated heterocycles. The third-order valence-electron chi connectivity index (χ3n) is 9.90. The normalized spacial score (nSPS) is 12.4. The molecule has 248 valence electrons. The molecule has 0 aromatic rings. The Balaban J connectivity index is 3.52. The van der Waals surface area contributed by atoms with Gasteiger partial charge in [0.25, 0.3) is 0 Å². The van der Waals surface area contributed by atoms with Gasteiger partial charge in [-0.15, -0.1) is 0 Å². The minimum absolute atomic E-state index is 1.04. The molecule has 0 aliphatic rings. The zero-order valence-corrected chi connectivity index (χ0v) is 29.7. The van der Waals surface area contributed by atoms with E-state index < -0.39 is 0 Å². The van der Waals surface area contributed by atoms with Gasteiger partial charge in [-0.1, -0.05) is 258 Å². The molecule has 0 saturated carbocycles. The van der Waals surface area contributed by atoms with Crippen LogP contribution >= 0.6 is 0 Å². The van der Waals surface area contributed by atoms with Crippen molar-refractivity contribution in [3.05, 3.63) is 0 Å². The van der Waals surface area contributed by atoms with Crippen LogP contribution < -0.4 is 0 Å². The highest BCUT2D eigenvalue weighted by atomic mass is 14.1. The lowest BCUT2D eigenvalue weighted by Gasteiger charge is -2.17. The van der Waals surface area contributed by atoms with Crippen molar-refractivity contribution in [2.75, 3.05) is 0 Å². The van der Waals surface area contributed by atoms with E-state index in [0.29, 0.717) is 0 Å². The lowest BCUT2D eigenvalue weighted by molar-refractivity contribution is 0.367. The van der Waals surface area contributed by atoms with Crippen molar-refractivity contribution in [3.8, 4) is 0 Å². The van der Waals surface area contributed by atoms with Crippen LogP contribution in [0, 0.1) is 5.92 Å². The second-order valence-corrected chi connectivity index (χ2v) is 14.2. The van der Waals surface area contributed by atoms with Crippen molar-refractivity contribution in [1.29, 1.82) is 0 Å². The molecule has 0 heterocycles. The summed E-state index contributed by atoms with van der Waals surface area (Å²) in [6.45, 7) is 6.99. The first-order valence-electron chi connectivity index (χ1n) is 20.3. The van der Waals surface area contributed by atoms with Crippen LogP contribution in [0.5, 0.6) is 0 Å². The Morgan fingerprint density at radius 3 is 0.561 bits per heavy atom. The zero-order chi connectivity index (χ0) is 29.7. The van der Waals surface area contributed by atoms with Gasteiger partial charge in [-0.05, 0) is 5.92 Å². The van der Waals surface area contributed by atoms with E-state index in [4.69, 9.17) is 0 Å². The Kier molecular flexibility index (Phi) is 38.0. The number of hydrogen-bond donors (Lipinski definition) is 0. The molecule has 0 heteroatoms. The van der Waals surface area contributed by atoms with Gasteiger partial charge in [0.15, 0.2) is 0 Å². The van der Waals surface area contributed by atoms with Crippen molar-refractivity contribution < 1.29 is 0 Å². The van der Waals surface area contributed by atoms with Gasteiger partial charge >= 0.3 is 0 Å². The SMILES string of the molecule is CCCCCCCCCCCCCCCCCCCC(CCCCC)CCCCCCCCCCCCCCCC. The van der Waals surface area contributed by atoms with Gasteiger partial charge in [0.1, 0.15) is 0 Å². The highest BCUT2D eigenvalue weighted by Gasteiger charge is 2.08. The molecule has 1 atom stereocenters. The number of rotatable bonds is 37. The van der Waals surface area contributed by atoms with Gasteiger partial charge in [0.05, 0.1) is 0 Å². The lowest BCUT2D eigenvalue weighted by Crippen LogP contribution is -2.01. The molecule has 0 amide bonds. The summed E-state index contributed by atoms with van der Waals surface area (Å²) < 4.78 is 0. The van der Waals surface area contributed by atoms with E-state index in [2.05, 4.69) is 20.8 Å². The fourth-order valence-electron chi connectivity index (χ4n) is 6.90. The van der Waals surface area contributed by atoms with Gasteiger partial charge in [-0.25, -0.2) is 0 Å². The van der Waals surface area contributed by atoms with Crippen LogP contribution in [0.2, 0.25) is 0 Å². The molecule has 1 unspecified atom stereocenters. The second kappa shape index (κ2) is 38.0. The van der Waals surface area contributed by atoms with Crippen LogP contribution in [0.4, 0.5) is 0 Å². The molecular weight excluding hydrogens is 492 g/mol. The van der Waals surface area contributed by atoms with Crippen molar-refractivity contribution in [3.63, 3.8) is 0 Å². The maximum absolute atomic E-state index is 2.36. The summed E-state index contributed by atoms with van der Waals surface area (Å²) >= 11 is 0. The molecule has 0 aromatic heterocycles. The quantitative estimate of drug-likeness (QED) is 0.0645. The summed E-state index contributed by atoms with van der Waals surface area (Å²) in [5.74, 6) is 1.04. The monoisotopic (exact) mass is 577 g/mol. The molecule has 0 N–H and O–H groups in total. The number of hydrogen-bond acceptors (Lipinski definition) is 0. The summed E-state index contributed by atoms with van der Waals surface area (Å²) in [4.78, 5) is 0. The molecule has 0 nitrogen and oxygen atoms in total. The number of unbranched alkanes of at least 4 members (excludes halogenated alkanes) is 31. The van der Waals surface area contributed by atoms with Crippen molar-refractivity contribution in [1.82, 2.24) is 0 Å². The minimum atomic E-state index is 1.04. The average Bonchev–Trinajstić information content (AvgIpc) is 2.98. The van der Waals surface area contributed by atoms with E-state index in [1.807, 2.05) is 0 Å². The molecule has 0 fully saturated rings. The first-order valence-corrected chi connectivity index (χ1v) is 20.3. The van der Waals surface area contributed by atoms with Crippen LogP contribution in [0.1, 0.15) is 258 Å². The van der Waals surface area contributed by atoms with Crippen LogP contribution in [0.15, 0.2) is 0 Å². The summed E-state index contributed by atoms with van der Waals surface area (Å²) in [6.07, 6.45) is 54.8. The zero-order valence-electron chi connectivity index (χ0n) is 29.7. The standard InChI is InChI=1S/C41H84/c1-4-7-10-12-14-16-18-20-22-23-24-26-28-30-32-34-37-40-41(38-35-9-6-3)39-36-33-31-29-27-25-21-19-17-15-13-11-8-5-2/h41H,4-40H2,1-3H3. The Morgan fingerprint density at radius 1 is 0.195 bits per heavy atom. The van der Waals surface area contributed by atoms with E-state index in [9.17, 15) is 0 Å². The summed E-state index contributed by atoms with van der Waals surface area (Å²) in [7, 11) is 0. The maximum atomic E-state index is 2.36. The van der Waals surface area contributed by atoms with Crippen molar-refractivity contribution in [2.24, 2.45) is 5.92 Å². The highest BCUT2D eigenvalue weighted by molar-refractivity contribution is 4.62. The van der Waals surface area contributed by atoms with Gasteiger partial charge in [0.2, 0.25) is 0 Å². The predicted octanol–water partition coefficient (Wildman–Crippen LogP) is 16.1. The smallest absolute Gasteiger partial charge is 0.0414 e. The van der Waals surface area contributed by atoms with Crippen molar-refractivity contribution >= 4 is 0 Å². The molecule has 41 heavy (non-hydrogen) atoms. The molecule has 0 rings (SSSR count). The van der Waals surface area contributed by atoms with Gasteiger partial charge in [-0.2, -0.15) is 0 Å². The highest BCUT2D eigenvalue weighted by Crippen LogP contribution is 2.25. The molecule has 0 aliphatic carbocycles. The van der Waals surface area contributed by atoms with E-state index in [-0.39, 0.29) is 0 Å². The molecule has 0 aromatic carbocycles. The van der Waals surface area contributed by atoms with Crippen molar-refractivity contribution in [2.45, 2.75) is 258 Å². The largest absolute Gasteiger partial charge is 0.0654 e. The first kappa shape index (κ1) is 41.0. The Hall–Kier alpha value is 0. The fraction of sp³-hybridized carbons (Fsp3) is 1.00. The van der Waals surface area contributed by atoms with Crippen LogP contribution in [0.25, 0.3) is 0 Å². The fourth-order valence-corrected chi connectivity index (χ4v) is 6.90. The Labute approximate surface area is 263 Å². The summed E-state index contributed by atoms with van der Waals surface area (Å²) in [6, 6.07) is 0. The van der Waals surface area contributed by atoms with E-state index in [0.717, 1.165) is 5.92 Å². The minimum Gasteiger partial charge on any atom is -0.0654 e. The van der Waals surface area contributed by atoms with Crippen LogP contribution in [-0.2, 0) is 0 Å². The first-order chi connectivity index (χ1) is 20.3. The Bertz CT molecular complexity index is 426. The van der Waals surface area contributed by atoms with E-state index >= 15 is 0 Å². The summed E-state index contributed by atoms with van der Waals surface area (Å²) in [5.41, 5.74) is 0. The second-order valence-electron chi connectivity index (χ2n) is 14.2. The lowest BCUT2D eigenvalue weighted by atomic mass is 9.89. The predicted molar refractivity (Wildman–Crippen MR) is 191 cm³/mol. The van der Waals surface area contributed by atoms with Crippen LogP contribution in [-0.4, -0.2) is 0 Å². The molecule has 0 spiro atoms. The van der Waals surface area contributed by atoms with Crippen LogP contribution in [0.3, 0.4) is 0 Å². The molecule has 0 radical (unpaired) electrons. The molecule has 0 bridgehead atoms. The van der Waals surface area contributed by atoms with Gasteiger partial charge in [0, 0.05) is 0 Å². The third-order valence-corrected chi connectivity index (χ3v) is 9.90. The summed E-state index contributed by atoms with van der Waals surface area (Å²) in [5, 5.41) is 0. The average molecular weight is 577 g/mol. The molecular formula is C41H84. The molecule has 0 aliphatic heterocycles. The van der Waals surface area contributed by atoms with Gasteiger partial charge in [-0.3, -0.25) is 0 Å².